The van der Waals surface area contributed by atoms with Crippen molar-refractivity contribution in [2.45, 2.75) is 6.92 Å². The van der Waals surface area contributed by atoms with Gasteiger partial charge < -0.3 is 4.84 Å². The van der Waals surface area contributed by atoms with E-state index in [1.165, 1.54) is 11.3 Å². The van der Waals surface area contributed by atoms with Crippen LogP contribution < -0.4 is 4.84 Å². The largest absolute Gasteiger partial charge is 0.346 e. The third kappa shape index (κ3) is 2.67. The molecule has 0 bridgehead atoms. The lowest BCUT2D eigenvalue weighted by molar-refractivity contribution is 0.352. The average Bonchev–Trinajstić information content (AvgIpc) is 2.80. The fourth-order valence-electron chi connectivity index (χ4n) is 1.16. The number of nitrogens with zero attached hydrogens (tertiary/aromatic N) is 1. The van der Waals surface area contributed by atoms with Gasteiger partial charge >= 0.3 is 0 Å². The van der Waals surface area contributed by atoms with E-state index in [2.05, 4.69) is 5.16 Å². The molecule has 0 fully saturated rings. The van der Waals surface area contributed by atoms with Gasteiger partial charge in [0.1, 0.15) is 0 Å². The molecule has 2 nitrogen and oxygen atoms in total. The predicted molar refractivity (Wildman–Crippen MR) is 63.6 cm³/mol. The number of hydrogen-bond acceptors (Lipinski definition) is 3. The first kappa shape index (κ1) is 9.93. The van der Waals surface area contributed by atoms with E-state index in [9.17, 15) is 0 Å². The Kier molecular flexibility index (Phi) is 3.15. The minimum Gasteiger partial charge on any atom is -0.346 e. The van der Waals surface area contributed by atoms with E-state index in [0.717, 1.165) is 16.3 Å². The van der Waals surface area contributed by atoms with Crippen LogP contribution in [0.4, 0.5) is 0 Å². The van der Waals surface area contributed by atoms with Crippen LogP contribution in [0.25, 0.3) is 0 Å². The molecular formula is C12H11NOS. The second-order valence-corrected chi connectivity index (χ2v) is 3.98. The molecule has 0 amide bonds. The molecule has 0 aliphatic carbocycles. The van der Waals surface area contributed by atoms with E-state index < -0.39 is 0 Å². The van der Waals surface area contributed by atoms with Crippen molar-refractivity contribution in [2.75, 3.05) is 0 Å². The number of rotatable bonds is 3. The second-order valence-electron chi connectivity index (χ2n) is 3.07. The van der Waals surface area contributed by atoms with E-state index in [-0.39, 0.29) is 0 Å². The molecular weight excluding hydrogens is 206 g/mol. The first-order valence-corrected chi connectivity index (χ1v) is 5.55. The maximum Gasteiger partial charge on any atom is 0.211 e. The Balaban J connectivity index is 2.08. The van der Waals surface area contributed by atoms with Gasteiger partial charge in [0.2, 0.25) is 5.06 Å². The lowest BCUT2D eigenvalue weighted by Crippen LogP contribution is -1.96. The first-order chi connectivity index (χ1) is 7.36. The van der Waals surface area contributed by atoms with E-state index in [4.69, 9.17) is 4.84 Å². The predicted octanol–water partition coefficient (Wildman–Crippen LogP) is 3.55. The monoisotopic (exact) mass is 217 g/mol. The Labute approximate surface area is 92.8 Å². The van der Waals surface area contributed by atoms with Gasteiger partial charge in [0, 0.05) is 0 Å². The molecule has 2 aromatic rings. The van der Waals surface area contributed by atoms with Gasteiger partial charge in [0.25, 0.3) is 0 Å². The van der Waals surface area contributed by atoms with E-state index in [1.54, 1.807) is 0 Å². The first-order valence-electron chi connectivity index (χ1n) is 4.67. The Morgan fingerprint density at radius 1 is 1.13 bits per heavy atom. The van der Waals surface area contributed by atoms with Crippen LogP contribution in [0, 0.1) is 0 Å². The smallest absolute Gasteiger partial charge is 0.211 e. The summed E-state index contributed by atoms with van der Waals surface area (Å²) in [5.41, 5.74) is 1.96. The number of oxime groups is 1. The Morgan fingerprint density at radius 3 is 2.60 bits per heavy atom. The van der Waals surface area contributed by atoms with Crippen molar-refractivity contribution in [3.8, 4) is 5.06 Å². The summed E-state index contributed by atoms with van der Waals surface area (Å²) < 4.78 is 0. The van der Waals surface area contributed by atoms with Gasteiger partial charge in [0.05, 0.1) is 5.71 Å². The molecule has 1 aromatic heterocycles. The summed E-state index contributed by atoms with van der Waals surface area (Å²) in [4.78, 5) is 5.27. The van der Waals surface area contributed by atoms with Crippen molar-refractivity contribution in [3.63, 3.8) is 0 Å². The molecule has 2 rings (SSSR count). The number of benzene rings is 1. The molecule has 76 valence electrons. The Bertz CT molecular complexity index is 434. The molecule has 15 heavy (non-hydrogen) atoms. The minimum atomic E-state index is 0.810. The van der Waals surface area contributed by atoms with Crippen molar-refractivity contribution in [2.24, 2.45) is 5.16 Å². The van der Waals surface area contributed by atoms with Gasteiger partial charge in [0.15, 0.2) is 0 Å². The van der Waals surface area contributed by atoms with Crippen molar-refractivity contribution >= 4 is 17.0 Å². The van der Waals surface area contributed by atoms with Gasteiger partial charge in [-0.15, -0.1) is 11.3 Å². The normalized spacial score (nSPS) is 11.4. The minimum absolute atomic E-state index is 0.810. The standard InChI is InChI=1S/C12H11NOS/c1-10(11-6-3-2-4-7-11)13-14-12-8-5-9-15-12/h2-9H,1H3/b13-10+. The molecule has 0 atom stereocenters. The summed E-state index contributed by atoms with van der Waals surface area (Å²) in [6.45, 7) is 1.93. The molecule has 0 spiro atoms. The molecule has 0 saturated heterocycles. The number of hydrogen-bond donors (Lipinski definition) is 0. The van der Waals surface area contributed by atoms with Crippen LogP contribution >= 0.6 is 11.3 Å². The fraction of sp³-hybridized carbons (Fsp3) is 0.0833. The topological polar surface area (TPSA) is 21.6 Å². The summed E-state index contributed by atoms with van der Waals surface area (Å²) in [6.07, 6.45) is 0. The zero-order valence-electron chi connectivity index (χ0n) is 8.38. The number of thiophene rings is 1. The maximum atomic E-state index is 5.27. The van der Waals surface area contributed by atoms with Crippen LogP contribution in [0.3, 0.4) is 0 Å². The summed E-state index contributed by atoms with van der Waals surface area (Å²) in [5.74, 6) is 0. The van der Waals surface area contributed by atoms with Crippen molar-refractivity contribution in [1.82, 2.24) is 0 Å². The third-order valence-corrected chi connectivity index (χ3v) is 2.70. The molecule has 0 radical (unpaired) electrons. The van der Waals surface area contributed by atoms with Crippen LogP contribution in [0.5, 0.6) is 5.06 Å². The van der Waals surface area contributed by atoms with E-state index in [0.29, 0.717) is 0 Å². The maximum absolute atomic E-state index is 5.27. The Morgan fingerprint density at radius 2 is 1.93 bits per heavy atom. The SMILES string of the molecule is C/C(=N\Oc1cccs1)c1ccccc1. The molecule has 1 aromatic carbocycles. The summed E-state index contributed by atoms with van der Waals surface area (Å²) in [7, 11) is 0. The van der Waals surface area contributed by atoms with Gasteiger partial charge in [-0.1, -0.05) is 35.5 Å². The molecule has 0 aliphatic rings. The van der Waals surface area contributed by atoms with Crippen LogP contribution in [0.2, 0.25) is 0 Å². The molecule has 0 aliphatic heterocycles. The second kappa shape index (κ2) is 4.75. The molecule has 3 heteroatoms. The summed E-state index contributed by atoms with van der Waals surface area (Å²) >= 11 is 1.53. The van der Waals surface area contributed by atoms with Crippen LogP contribution in [-0.2, 0) is 0 Å². The average molecular weight is 217 g/mol. The zero-order chi connectivity index (χ0) is 10.5. The van der Waals surface area contributed by atoms with Gasteiger partial charge in [-0.25, -0.2) is 0 Å². The molecule has 0 unspecified atom stereocenters. The van der Waals surface area contributed by atoms with E-state index in [1.807, 2.05) is 54.8 Å². The van der Waals surface area contributed by atoms with Crippen LogP contribution in [-0.4, -0.2) is 5.71 Å². The fourth-order valence-corrected chi connectivity index (χ4v) is 1.69. The molecule has 0 saturated carbocycles. The third-order valence-electron chi connectivity index (χ3n) is 1.96. The van der Waals surface area contributed by atoms with Crippen LogP contribution in [0.15, 0.2) is 53.0 Å². The Hall–Kier alpha value is -1.61. The van der Waals surface area contributed by atoms with E-state index >= 15 is 0 Å². The quantitative estimate of drug-likeness (QED) is 0.569. The van der Waals surface area contributed by atoms with Gasteiger partial charge in [-0.3, -0.25) is 0 Å². The highest BCUT2D eigenvalue weighted by Crippen LogP contribution is 2.18. The van der Waals surface area contributed by atoms with Crippen molar-refractivity contribution in [3.05, 3.63) is 53.4 Å². The van der Waals surface area contributed by atoms with Crippen molar-refractivity contribution < 1.29 is 4.84 Å². The highest BCUT2D eigenvalue weighted by atomic mass is 32.1. The lowest BCUT2D eigenvalue weighted by Gasteiger charge is -1.99. The summed E-state index contributed by atoms with van der Waals surface area (Å²) in [5, 5.41) is 6.84. The highest BCUT2D eigenvalue weighted by Gasteiger charge is 1.97. The van der Waals surface area contributed by atoms with Gasteiger partial charge in [-0.2, -0.15) is 0 Å². The molecule has 1 heterocycles. The lowest BCUT2D eigenvalue weighted by atomic mass is 10.1. The van der Waals surface area contributed by atoms with Crippen LogP contribution in [0.1, 0.15) is 12.5 Å². The van der Waals surface area contributed by atoms with Gasteiger partial charge in [-0.05, 0) is 30.0 Å². The summed E-state index contributed by atoms with van der Waals surface area (Å²) in [6, 6.07) is 13.8. The molecule has 0 N–H and O–H groups in total. The van der Waals surface area contributed by atoms with Crippen molar-refractivity contribution in [1.29, 1.82) is 0 Å². The zero-order valence-corrected chi connectivity index (χ0v) is 9.20. The highest BCUT2D eigenvalue weighted by molar-refractivity contribution is 7.11.